The number of likely N-dealkylation sites (N-methyl/N-ethyl adjacent to an activating group) is 1. The Balaban J connectivity index is 1.70. The van der Waals surface area contributed by atoms with Crippen molar-refractivity contribution in [2.45, 2.75) is 6.92 Å². The number of pyridine rings is 1. The first-order valence-electron chi connectivity index (χ1n) is 8.90. The van der Waals surface area contributed by atoms with Crippen LogP contribution in [-0.4, -0.2) is 59.3 Å². The number of rotatable bonds is 4. The van der Waals surface area contributed by atoms with E-state index in [0.717, 1.165) is 19.6 Å². The molecule has 0 atom stereocenters. The van der Waals surface area contributed by atoms with Gasteiger partial charge in [-0.15, -0.1) is 0 Å². The molecular formula is C20H21N5O2. The fraction of sp³-hybridized carbons (Fsp3) is 0.300. The second-order valence-corrected chi connectivity index (χ2v) is 6.30. The van der Waals surface area contributed by atoms with Gasteiger partial charge < -0.3 is 15.1 Å². The van der Waals surface area contributed by atoms with Crippen molar-refractivity contribution in [3.8, 4) is 6.07 Å². The van der Waals surface area contributed by atoms with Crippen LogP contribution in [0.3, 0.4) is 0 Å². The lowest BCUT2D eigenvalue weighted by Gasteiger charge is -2.34. The molecular weight excluding hydrogens is 342 g/mol. The molecule has 7 nitrogen and oxygen atoms in total. The lowest BCUT2D eigenvalue weighted by molar-refractivity contribution is 0.0643. The molecule has 1 aliphatic rings. The maximum Gasteiger partial charge on any atom is 0.274 e. The number of nitrogens with zero attached hydrogens (tertiary/aromatic N) is 4. The molecule has 2 heterocycles. The number of hydrogen-bond acceptors (Lipinski definition) is 5. The Morgan fingerprint density at radius 1 is 1.19 bits per heavy atom. The Labute approximate surface area is 158 Å². The predicted molar refractivity (Wildman–Crippen MR) is 101 cm³/mol. The lowest BCUT2D eigenvalue weighted by Crippen LogP contribution is -2.48. The zero-order valence-corrected chi connectivity index (χ0v) is 15.2. The number of nitrogens with one attached hydrogen (secondary N) is 1. The van der Waals surface area contributed by atoms with Crippen molar-refractivity contribution in [2.75, 3.05) is 38.0 Å². The zero-order valence-electron chi connectivity index (χ0n) is 15.2. The van der Waals surface area contributed by atoms with Crippen molar-refractivity contribution in [2.24, 2.45) is 0 Å². The SMILES string of the molecule is CCN1CCN(C(=O)c2ccnc(C(=O)Nc3cccc(C#N)c3)c2)CC1. The summed E-state index contributed by atoms with van der Waals surface area (Å²) in [6.45, 7) is 6.16. The molecule has 1 saturated heterocycles. The number of hydrogen-bond donors (Lipinski definition) is 1. The van der Waals surface area contributed by atoms with Crippen LogP contribution in [0, 0.1) is 11.3 Å². The van der Waals surface area contributed by atoms with E-state index in [9.17, 15) is 9.59 Å². The van der Waals surface area contributed by atoms with Gasteiger partial charge in [-0.3, -0.25) is 14.6 Å². The van der Waals surface area contributed by atoms with Crippen LogP contribution in [0.4, 0.5) is 5.69 Å². The van der Waals surface area contributed by atoms with Crippen molar-refractivity contribution in [1.29, 1.82) is 5.26 Å². The normalized spacial score (nSPS) is 14.4. The van der Waals surface area contributed by atoms with Crippen molar-refractivity contribution in [3.63, 3.8) is 0 Å². The van der Waals surface area contributed by atoms with Crippen molar-refractivity contribution in [1.82, 2.24) is 14.8 Å². The van der Waals surface area contributed by atoms with Crippen LogP contribution >= 0.6 is 0 Å². The molecule has 2 amide bonds. The van der Waals surface area contributed by atoms with Crippen LogP contribution in [0.25, 0.3) is 0 Å². The second-order valence-electron chi connectivity index (χ2n) is 6.30. The standard InChI is InChI=1S/C20H21N5O2/c1-2-24-8-10-25(11-9-24)20(27)16-6-7-22-18(13-16)19(26)23-17-5-3-4-15(12-17)14-21/h3-7,12-13H,2,8-11H2,1H3,(H,23,26). The van der Waals surface area contributed by atoms with E-state index in [1.165, 1.54) is 12.3 Å². The van der Waals surface area contributed by atoms with Crippen molar-refractivity contribution >= 4 is 17.5 Å². The van der Waals surface area contributed by atoms with E-state index in [2.05, 4.69) is 22.1 Å². The number of aromatic nitrogens is 1. The summed E-state index contributed by atoms with van der Waals surface area (Å²) in [4.78, 5) is 33.4. The zero-order chi connectivity index (χ0) is 19.2. The fourth-order valence-corrected chi connectivity index (χ4v) is 3.00. The van der Waals surface area contributed by atoms with Crippen molar-refractivity contribution in [3.05, 3.63) is 59.4 Å². The van der Waals surface area contributed by atoms with E-state index < -0.39 is 5.91 Å². The summed E-state index contributed by atoms with van der Waals surface area (Å²) in [5, 5.41) is 11.7. The molecule has 1 aromatic carbocycles. The van der Waals surface area contributed by atoms with Gasteiger partial charge in [0.25, 0.3) is 11.8 Å². The van der Waals surface area contributed by atoms with Gasteiger partial charge in [0, 0.05) is 43.6 Å². The highest BCUT2D eigenvalue weighted by Gasteiger charge is 2.22. The molecule has 0 saturated carbocycles. The van der Waals surface area contributed by atoms with Gasteiger partial charge in [0.2, 0.25) is 0 Å². The van der Waals surface area contributed by atoms with Crippen LogP contribution in [0.5, 0.6) is 0 Å². The number of piperazine rings is 1. The Hall–Kier alpha value is -3.24. The van der Waals surface area contributed by atoms with Gasteiger partial charge in [0.05, 0.1) is 11.6 Å². The summed E-state index contributed by atoms with van der Waals surface area (Å²) >= 11 is 0. The Kier molecular flexibility index (Phi) is 5.79. The number of amides is 2. The molecule has 1 fully saturated rings. The minimum atomic E-state index is -0.421. The minimum Gasteiger partial charge on any atom is -0.336 e. The fourth-order valence-electron chi connectivity index (χ4n) is 3.00. The average Bonchev–Trinajstić information content (AvgIpc) is 2.73. The highest BCUT2D eigenvalue weighted by molar-refractivity contribution is 6.04. The smallest absolute Gasteiger partial charge is 0.274 e. The molecule has 3 rings (SSSR count). The minimum absolute atomic E-state index is 0.0892. The highest BCUT2D eigenvalue weighted by atomic mass is 16.2. The Bertz CT molecular complexity index is 882. The third kappa shape index (κ3) is 4.49. The quantitative estimate of drug-likeness (QED) is 0.897. The van der Waals surface area contributed by atoms with Crippen LogP contribution < -0.4 is 5.32 Å². The van der Waals surface area contributed by atoms with Crippen molar-refractivity contribution < 1.29 is 9.59 Å². The molecule has 2 aromatic rings. The first-order chi connectivity index (χ1) is 13.1. The Morgan fingerprint density at radius 3 is 2.67 bits per heavy atom. The lowest BCUT2D eigenvalue weighted by atomic mass is 10.1. The van der Waals surface area contributed by atoms with Gasteiger partial charge >= 0.3 is 0 Å². The molecule has 0 spiro atoms. The molecule has 0 radical (unpaired) electrons. The molecule has 27 heavy (non-hydrogen) atoms. The maximum absolute atomic E-state index is 12.7. The summed E-state index contributed by atoms with van der Waals surface area (Å²) in [5.74, 6) is -0.510. The molecule has 0 aliphatic carbocycles. The first kappa shape index (κ1) is 18.5. The first-order valence-corrected chi connectivity index (χ1v) is 8.90. The molecule has 1 aromatic heterocycles. The van der Waals surface area contributed by atoms with E-state index in [-0.39, 0.29) is 11.6 Å². The largest absolute Gasteiger partial charge is 0.336 e. The van der Waals surface area contributed by atoms with Crippen LogP contribution in [0.2, 0.25) is 0 Å². The molecule has 1 aliphatic heterocycles. The predicted octanol–water partition coefficient (Wildman–Crippen LogP) is 1.98. The monoisotopic (exact) mass is 363 g/mol. The highest BCUT2D eigenvalue weighted by Crippen LogP contribution is 2.13. The van der Waals surface area contributed by atoms with E-state index in [1.54, 1.807) is 35.2 Å². The summed E-state index contributed by atoms with van der Waals surface area (Å²) in [5.41, 5.74) is 1.57. The third-order valence-electron chi connectivity index (χ3n) is 4.60. The Morgan fingerprint density at radius 2 is 1.96 bits per heavy atom. The van der Waals surface area contributed by atoms with E-state index in [4.69, 9.17) is 5.26 Å². The molecule has 0 bridgehead atoms. The van der Waals surface area contributed by atoms with Crippen LogP contribution in [0.15, 0.2) is 42.6 Å². The summed E-state index contributed by atoms with van der Waals surface area (Å²) in [6.07, 6.45) is 1.47. The van der Waals surface area contributed by atoms with E-state index in [0.29, 0.717) is 29.9 Å². The summed E-state index contributed by atoms with van der Waals surface area (Å²) in [6, 6.07) is 11.8. The number of nitriles is 1. The van der Waals surface area contributed by atoms with E-state index >= 15 is 0 Å². The second kappa shape index (κ2) is 8.43. The third-order valence-corrected chi connectivity index (χ3v) is 4.60. The van der Waals surface area contributed by atoms with Gasteiger partial charge in [0.1, 0.15) is 5.69 Å². The summed E-state index contributed by atoms with van der Waals surface area (Å²) in [7, 11) is 0. The van der Waals surface area contributed by atoms with Crippen LogP contribution in [0.1, 0.15) is 33.3 Å². The number of anilines is 1. The summed E-state index contributed by atoms with van der Waals surface area (Å²) < 4.78 is 0. The topological polar surface area (TPSA) is 89.3 Å². The molecule has 138 valence electrons. The number of carbonyl (C=O) groups excluding carboxylic acids is 2. The average molecular weight is 363 g/mol. The number of benzene rings is 1. The van der Waals surface area contributed by atoms with Gasteiger partial charge in [-0.2, -0.15) is 5.26 Å². The van der Waals surface area contributed by atoms with Crippen LogP contribution in [-0.2, 0) is 0 Å². The van der Waals surface area contributed by atoms with Gasteiger partial charge in [0.15, 0.2) is 0 Å². The molecule has 0 unspecified atom stereocenters. The number of carbonyl (C=O) groups is 2. The van der Waals surface area contributed by atoms with E-state index in [1.807, 2.05) is 6.07 Å². The molecule has 1 N–H and O–H groups in total. The van der Waals surface area contributed by atoms with Gasteiger partial charge in [-0.05, 0) is 36.9 Å². The molecule has 7 heteroatoms. The van der Waals surface area contributed by atoms with Gasteiger partial charge in [-0.1, -0.05) is 13.0 Å². The van der Waals surface area contributed by atoms with Gasteiger partial charge in [-0.25, -0.2) is 0 Å². The maximum atomic E-state index is 12.7.